The van der Waals surface area contributed by atoms with Gasteiger partial charge >= 0.3 is 5.69 Å². The summed E-state index contributed by atoms with van der Waals surface area (Å²) in [5, 5.41) is 14.2. The largest absolute Gasteiger partial charge is 0.513 e. The number of aryl methyl sites for hydroxylation is 3. The van der Waals surface area contributed by atoms with Crippen molar-refractivity contribution in [3.63, 3.8) is 0 Å². The summed E-state index contributed by atoms with van der Waals surface area (Å²) in [5.74, 6) is -0.427. The smallest absolute Gasteiger partial charge is 0.329 e. The molecule has 0 radical (unpaired) electrons. The summed E-state index contributed by atoms with van der Waals surface area (Å²) < 4.78 is 20.0. The Labute approximate surface area is 212 Å². The molecule has 1 aromatic carbocycles. The molecule has 9 heteroatoms. The minimum Gasteiger partial charge on any atom is -0.513 e. The molecule has 2 N–H and O–H groups in total. The van der Waals surface area contributed by atoms with Crippen LogP contribution in [0.15, 0.2) is 53.8 Å². The number of aliphatic hydroxyl groups is 1. The van der Waals surface area contributed by atoms with Crippen molar-refractivity contribution in [2.45, 2.75) is 44.6 Å². The third-order valence-electron chi connectivity index (χ3n) is 7.56. The summed E-state index contributed by atoms with van der Waals surface area (Å²) in [6.45, 7) is 3.57. The van der Waals surface area contributed by atoms with Gasteiger partial charge in [-0.25, -0.2) is 9.78 Å². The Balaban J connectivity index is 1.67. The lowest BCUT2D eigenvalue weighted by Crippen LogP contribution is -2.24. The Morgan fingerprint density at radius 2 is 1.95 bits per heavy atom. The Hall–Kier alpha value is -4.14. The molecule has 0 bridgehead atoms. The number of pyridine rings is 1. The summed E-state index contributed by atoms with van der Waals surface area (Å²) in [7, 11) is 3.46. The minimum atomic E-state index is -0.578. The summed E-state index contributed by atoms with van der Waals surface area (Å²) >= 11 is 0. The maximum atomic E-state index is 15.0. The van der Waals surface area contributed by atoms with E-state index >= 15 is 4.39 Å². The zero-order valence-corrected chi connectivity index (χ0v) is 21.0. The van der Waals surface area contributed by atoms with Crippen molar-refractivity contribution < 1.29 is 9.50 Å². The van der Waals surface area contributed by atoms with Gasteiger partial charge in [0.05, 0.1) is 39.6 Å². The summed E-state index contributed by atoms with van der Waals surface area (Å²) in [5.41, 5.74) is 5.75. The highest BCUT2D eigenvalue weighted by Gasteiger charge is 2.28. The fraction of sp³-hybridized carbons (Fsp3) is 0.321. The first-order valence-electron chi connectivity index (χ1n) is 12.6. The highest BCUT2D eigenvalue weighted by Crippen LogP contribution is 2.43. The van der Waals surface area contributed by atoms with E-state index in [4.69, 9.17) is 0 Å². The second-order valence-electron chi connectivity index (χ2n) is 10.0. The first-order valence-corrected chi connectivity index (χ1v) is 12.6. The lowest BCUT2D eigenvalue weighted by molar-refractivity contribution is 0.391. The fourth-order valence-electron chi connectivity index (χ4n) is 5.73. The summed E-state index contributed by atoms with van der Waals surface area (Å²) in [6, 6.07) is 8.12. The second-order valence-corrected chi connectivity index (χ2v) is 10.0. The highest BCUT2D eigenvalue weighted by molar-refractivity contribution is 6.14. The van der Waals surface area contributed by atoms with Gasteiger partial charge < -0.3 is 10.1 Å². The Kier molecular flexibility index (Phi) is 5.51. The van der Waals surface area contributed by atoms with Crippen molar-refractivity contribution in [2.24, 2.45) is 14.1 Å². The number of aromatic amines is 1. The highest BCUT2D eigenvalue weighted by atomic mass is 19.1. The topological polar surface area (TPSA) is 93.7 Å². The van der Waals surface area contributed by atoms with Crippen molar-refractivity contribution in [3.8, 4) is 22.4 Å². The number of rotatable bonds is 6. The molecule has 5 aromatic rings. The Bertz CT molecular complexity index is 1710. The molecule has 0 amide bonds. The number of nitrogens with zero attached hydrogens (tertiary/aromatic N) is 5. The van der Waals surface area contributed by atoms with E-state index in [1.54, 1.807) is 31.1 Å². The number of hydrogen-bond donors (Lipinski definition) is 2. The van der Waals surface area contributed by atoms with E-state index in [2.05, 4.69) is 21.6 Å². The Morgan fingerprint density at radius 3 is 2.59 bits per heavy atom. The maximum absolute atomic E-state index is 15.0. The first kappa shape index (κ1) is 23.3. The molecule has 0 saturated heterocycles. The predicted molar refractivity (Wildman–Crippen MR) is 142 cm³/mol. The lowest BCUT2D eigenvalue weighted by atomic mass is 9.97. The van der Waals surface area contributed by atoms with Gasteiger partial charge in [-0.05, 0) is 30.4 Å². The van der Waals surface area contributed by atoms with E-state index in [0.29, 0.717) is 29.7 Å². The molecule has 0 aliphatic heterocycles. The van der Waals surface area contributed by atoms with Crippen molar-refractivity contribution in [2.75, 3.05) is 0 Å². The van der Waals surface area contributed by atoms with E-state index < -0.39 is 5.95 Å². The number of aromatic nitrogens is 6. The molecule has 1 fully saturated rings. The molecule has 190 valence electrons. The van der Waals surface area contributed by atoms with Crippen LogP contribution in [0.25, 0.3) is 44.5 Å². The van der Waals surface area contributed by atoms with Crippen LogP contribution in [0.4, 0.5) is 4.39 Å². The maximum Gasteiger partial charge on any atom is 0.329 e. The van der Waals surface area contributed by atoms with Gasteiger partial charge in [0.2, 0.25) is 5.95 Å². The number of benzene rings is 1. The monoisotopic (exact) mass is 500 g/mol. The van der Waals surface area contributed by atoms with Crippen LogP contribution >= 0.6 is 0 Å². The number of fused-ring (bicyclic) bond motifs is 3. The van der Waals surface area contributed by atoms with Crippen LogP contribution in [-0.2, 0) is 20.5 Å². The third kappa shape index (κ3) is 3.77. The van der Waals surface area contributed by atoms with E-state index in [1.165, 1.54) is 4.68 Å². The fourth-order valence-corrected chi connectivity index (χ4v) is 5.73. The number of H-pyrrole nitrogens is 1. The molecule has 37 heavy (non-hydrogen) atoms. The van der Waals surface area contributed by atoms with Crippen molar-refractivity contribution in [1.29, 1.82) is 0 Å². The first-order chi connectivity index (χ1) is 17.8. The molecule has 0 unspecified atom stereocenters. The van der Waals surface area contributed by atoms with Gasteiger partial charge in [-0.2, -0.15) is 4.39 Å². The van der Waals surface area contributed by atoms with E-state index in [-0.39, 0.29) is 17.5 Å². The van der Waals surface area contributed by atoms with Crippen LogP contribution in [0.2, 0.25) is 0 Å². The number of hydrogen-bond acceptors (Lipinski definition) is 4. The molecule has 6 rings (SSSR count). The van der Waals surface area contributed by atoms with Gasteiger partial charge in [0.15, 0.2) is 0 Å². The SMILES string of the molecule is C=C(O)CCc1ccc(-c2c(-c3cn(C)nc3F)[nH]c3ncc4c(c23)n(C2CCCC2)c(=O)n4C)cc1. The van der Waals surface area contributed by atoms with Crippen molar-refractivity contribution >= 4 is 22.1 Å². The van der Waals surface area contributed by atoms with Gasteiger partial charge in [-0.15, -0.1) is 5.10 Å². The summed E-state index contributed by atoms with van der Waals surface area (Å²) in [4.78, 5) is 21.5. The van der Waals surface area contributed by atoms with Gasteiger partial charge in [0.25, 0.3) is 0 Å². The number of allylic oxidation sites excluding steroid dienone is 1. The number of nitrogens with one attached hydrogen (secondary N) is 1. The lowest BCUT2D eigenvalue weighted by Gasteiger charge is -2.13. The average molecular weight is 501 g/mol. The molecule has 0 spiro atoms. The average Bonchev–Trinajstić information content (AvgIpc) is 3.64. The van der Waals surface area contributed by atoms with Crippen molar-refractivity contribution in [1.82, 2.24) is 28.9 Å². The number of halogens is 1. The quantitative estimate of drug-likeness (QED) is 0.299. The molecular formula is C28H29FN6O2. The molecule has 1 aliphatic rings. The molecule has 0 atom stereocenters. The molecule has 1 saturated carbocycles. The molecule has 4 heterocycles. The van der Waals surface area contributed by atoms with Gasteiger partial charge in [-0.1, -0.05) is 43.7 Å². The second kappa shape index (κ2) is 8.76. The van der Waals surface area contributed by atoms with Gasteiger partial charge in [-0.3, -0.25) is 13.8 Å². The van der Waals surface area contributed by atoms with Crippen LogP contribution in [0.3, 0.4) is 0 Å². The molecule has 8 nitrogen and oxygen atoms in total. The van der Waals surface area contributed by atoms with E-state index in [9.17, 15) is 9.90 Å². The van der Waals surface area contributed by atoms with Crippen LogP contribution in [0, 0.1) is 5.95 Å². The number of imidazole rings is 1. The standard InChI is InChI=1S/C28H29FN6O2/c1-16(36)8-9-17-10-12-18(13-11-17)22-23-25-21(34(3)28(37)35(25)19-6-4-5-7-19)14-30-27(23)31-24(22)20-15-33(2)32-26(20)29/h10-15,19,36H,1,4-9H2,2-3H3,(H,30,31). The number of aliphatic hydroxyl groups excluding tert-OH is 1. The summed E-state index contributed by atoms with van der Waals surface area (Å²) in [6.07, 6.45) is 8.62. The minimum absolute atomic E-state index is 0.0583. The van der Waals surface area contributed by atoms with Crippen LogP contribution < -0.4 is 5.69 Å². The third-order valence-corrected chi connectivity index (χ3v) is 7.56. The molecular weight excluding hydrogens is 471 g/mol. The van der Waals surface area contributed by atoms with Crippen LogP contribution in [-0.4, -0.2) is 34.0 Å². The van der Waals surface area contributed by atoms with E-state index in [1.807, 2.05) is 28.8 Å². The van der Waals surface area contributed by atoms with E-state index in [0.717, 1.165) is 58.8 Å². The normalized spacial score (nSPS) is 14.4. The van der Waals surface area contributed by atoms with Crippen molar-refractivity contribution in [3.05, 3.63) is 71.0 Å². The van der Waals surface area contributed by atoms with Gasteiger partial charge in [0.1, 0.15) is 5.65 Å². The van der Waals surface area contributed by atoms with Gasteiger partial charge in [0, 0.05) is 38.3 Å². The van der Waals surface area contributed by atoms with Crippen LogP contribution in [0.1, 0.15) is 43.7 Å². The molecule has 1 aliphatic carbocycles. The zero-order valence-electron chi connectivity index (χ0n) is 21.0. The van der Waals surface area contributed by atoms with Crippen LogP contribution in [0.5, 0.6) is 0 Å². The molecule has 4 aromatic heterocycles. The predicted octanol–water partition coefficient (Wildman–Crippen LogP) is 5.54. The zero-order chi connectivity index (χ0) is 25.8. The Morgan fingerprint density at radius 1 is 1.22 bits per heavy atom.